The summed E-state index contributed by atoms with van der Waals surface area (Å²) in [6, 6.07) is 11.9. The van der Waals surface area contributed by atoms with Crippen LogP contribution in [0.15, 0.2) is 51.8 Å². The van der Waals surface area contributed by atoms with Crippen LogP contribution < -0.4 is 10.5 Å². The Bertz CT molecular complexity index is 718. The van der Waals surface area contributed by atoms with E-state index in [4.69, 9.17) is 16.7 Å². The molecule has 0 heterocycles. The summed E-state index contributed by atoms with van der Waals surface area (Å²) < 4.78 is 23.2. The third kappa shape index (κ3) is 3.96. The van der Waals surface area contributed by atoms with E-state index < -0.39 is 10.0 Å². The standard InChI is InChI=1S/C13H12BrClN2O2S/c14-10-2-1-9(13(15)7-10)8-17-11-3-5-12(6-4-11)20(16,18)19/h1-7,17H,8H2,(H2,16,18,19). The van der Waals surface area contributed by atoms with E-state index in [1.165, 1.54) is 12.1 Å². The largest absolute Gasteiger partial charge is 0.381 e. The fraction of sp³-hybridized carbons (Fsp3) is 0.0769. The van der Waals surface area contributed by atoms with Crippen molar-refractivity contribution in [3.8, 4) is 0 Å². The minimum Gasteiger partial charge on any atom is -0.381 e. The van der Waals surface area contributed by atoms with Gasteiger partial charge in [0.15, 0.2) is 0 Å². The second kappa shape index (κ2) is 6.13. The molecule has 0 radical (unpaired) electrons. The predicted molar refractivity (Wildman–Crippen MR) is 84.3 cm³/mol. The average molecular weight is 376 g/mol. The second-order valence-electron chi connectivity index (χ2n) is 4.16. The SMILES string of the molecule is NS(=O)(=O)c1ccc(NCc2ccc(Br)cc2Cl)cc1. The van der Waals surface area contributed by atoms with Gasteiger partial charge in [-0.1, -0.05) is 33.6 Å². The van der Waals surface area contributed by atoms with Crippen molar-refractivity contribution in [2.75, 3.05) is 5.32 Å². The molecule has 0 saturated heterocycles. The second-order valence-corrected chi connectivity index (χ2v) is 7.04. The molecule has 3 N–H and O–H groups in total. The molecule has 0 aliphatic rings. The van der Waals surface area contributed by atoms with Crippen molar-refractivity contribution in [1.29, 1.82) is 0 Å². The molecule has 7 heteroatoms. The fourth-order valence-electron chi connectivity index (χ4n) is 1.62. The normalized spacial score (nSPS) is 11.3. The lowest BCUT2D eigenvalue weighted by molar-refractivity contribution is 0.598. The lowest BCUT2D eigenvalue weighted by Gasteiger charge is -2.09. The average Bonchev–Trinajstić information content (AvgIpc) is 2.37. The molecular formula is C13H12BrClN2O2S. The zero-order valence-electron chi connectivity index (χ0n) is 10.3. The Morgan fingerprint density at radius 2 is 1.80 bits per heavy atom. The summed E-state index contributed by atoms with van der Waals surface area (Å²) in [5.74, 6) is 0. The van der Waals surface area contributed by atoms with Crippen LogP contribution in [0.1, 0.15) is 5.56 Å². The summed E-state index contributed by atoms with van der Waals surface area (Å²) in [6.45, 7) is 0.542. The van der Waals surface area contributed by atoms with Gasteiger partial charge in [-0.25, -0.2) is 13.6 Å². The topological polar surface area (TPSA) is 72.2 Å². The molecule has 0 aliphatic heterocycles. The Kier molecular flexibility index (Phi) is 4.70. The molecular weight excluding hydrogens is 364 g/mol. The number of sulfonamides is 1. The maximum atomic E-state index is 11.1. The van der Waals surface area contributed by atoms with Gasteiger partial charge in [-0.15, -0.1) is 0 Å². The summed E-state index contributed by atoms with van der Waals surface area (Å²) in [7, 11) is -3.65. The zero-order valence-corrected chi connectivity index (χ0v) is 13.5. The van der Waals surface area contributed by atoms with E-state index in [1.54, 1.807) is 12.1 Å². The third-order valence-electron chi connectivity index (χ3n) is 2.68. The lowest BCUT2D eigenvalue weighted by Crippen LogP contribution is -2.12. The monoisotopic (exact) mass is 374 g/mol. The molecule has 0 unspecified atom stereocenters. The third-order valence-corrected chi connectivity index (χ3v) is 4.46. The summed E-state index contributed by atoms with van der Waals surface area (Å²) in [5, 5.41) is 8.86. The number of benzene rings is 2. The van der Waals surface area contributed by atoms with Gasteiger partial charge in [-0.3, -0.25) is 0 Å². The molecule has 2 aromatic rings. The highest BCUT2D eigenvalue weighted by molar-refractivity contribution is 9.10. The van der Waals surface area contributed by atoms with E-state index in [0.717, 1.165) is 15.7 Å². The van der Waals surface area contributed by atoms with Crippen molar-refractivity contribution >= 4 is 43.2 Å². The number of primary sulfonamides is 1. The zero-order chi connectivity index (χ0) is 14.8. The number of nitrogens with one attached hydrogen (secondary N) is 1. The van der Waals surface area contributed by atoms with Crippen LogP contribution in [0.25, 0.3) is 0 Å². The van der Waals surface area contributed by atoms with E-state index in [0.29, 0.717) is 11.6 Å². The van der Waals surface area contributed by atoms with Crippen LogP contribution in [0.5, 0.6) is 0 Å². The van der Waals surface area contributed by atoms with Crippen LogP contribution >= 0.6 is 27.5 Å². The Balaban J connectivity index is 2.08. The first-order chi connectivity index (χ1) is 9.36. The van der Waals surface area contributed by atoms with Gasteiger partial charge in [0.25, 0.3) is 0 Å². The minimum atomic E-state index is -3.65. The molecule has 2 rings (SSSR count). The van der Waals surface area contributed by atoms with Gasteiger partial charge in [0.05, 0.1) is 4.90 Å². The first kappa shape index (κ1) is 15.3. The van der Waals surface area contributed by atoms with Gasteiger partial charge < -0.3 is 5.32 Å². The maximum absolute atomic E-state index is 11.1. The Morgan fingerprint density at radius 1 is 1.15 bits per heavy atom. The number of hydrogen-bond donors (Lipinski definition) is 2. The van der Waals surface area contributed by atoms with Gasteiger partial charge in [0.2, 0.25) is 10.0 Å². The number of rotatable bonds is 4. The summed E-state index contributed by atoms with van der Waals surface area (Å²) in [4.78, 5) is 0.0877. The van der Waals surface area contributed by atoms with E-state index in [9.17, 15) is 8.42 Å². The molecule has 20 heavy (non-hydrogen) atoms. The van der Waals surface area contributed by atoms with Crippen molar-refractivity contribution in [2.45, 2.75) is 11.4 Å². The summed E-state index contributed by atoms with van der Waals surface area (Å²) in [6.07, 6.45) is 0. The Morgan fingerprint density at radius 3 is 2.35 bits per heavy atom. The molecule has 0 atom stereocenters. The van der Waals surface area contributed by atoms with Crippen LogP contribution in [-0.2, 0) is 16.6 Å². The number of nitrogens with two attached hydrogens (primary N) is 1. The quantitative estimate of drug-likeness (QED) is 0.860. The number of halogens is 2. The highest BCUT2D eigenvalue weighted by Crippen LogP contribution is 2.22. The van der Waals surface area contributed by atoms with Crippen molar-refractivity contribution in [1.82, 2.24) is 0 Å². The minimum absolute atomic E-state index is 0.0877. The first-order valence-electron chi connectivity index (χ1n) is 5.67. The van der Waals surface area contributed by atoms with Crippen molar-refractivity contribution in [2.24, 2.45) is 5.14 Å². The van der Waals surface area contributed by atoms with E-state index in [-0.39, 0.29) is 4.90 Å². The molecule has 0 aromatic heterocycles. The molecule has 0 spiro atoms. The van der Waals surface area contributed by atoms with E-state index in [1.807, 2.05) is 18.2 Å². The lowest BCUT2D eigenvalue weighted by atomic mass is 10.2. The van der Waals surface area contributed by atoms with Crippen LogP contribution in [0.2, 0.25) is 5.02 Å². The molecule has 0 aliphatic carbocycles. The van der Waals surface area contributed by atoms with Crippen LogP contribution in [-0.4, -0.2) is 8.42 Å². The molecule has 0 amide bonds. The van der Waals surface area contributed by atoms with Crippen LogP contribution in [0, 0.1) is 0 Å². The number of hydrogen-bond acceptors (Lipinski definition) is 3. The smallest absolute Gasteiger partial charge is 0.238 e. The molecule has 0 bridgehead atoms. The van der Waals surface area contributed by atoms with Crippen LogP contribution in [0.4, 0.5) is 5.69 Å². The highest BCUT2D eigenvalue weighted by atomic mass is 79.9. The van der Waals surface area contributed by atoms with Crippen LogP contribution in [0.3, 0.4) is 0 Å². The van der Waals surface area contributed by atoms with Gasteiger partial charge in [-0.05, 0) is 42.0 Å². The predicted octanol–water partition coefficient (Wildman–Crippen LogP) is 3.36. The highest BCUT2D eigenvalue weighted by Gasteiger charge is 2.07. The molecule has 2 aromatic carbocycles. The van der Waals surface area contributed by atoms with E-state index in [2.05, 4.69) is 21.2 Å². The Hall–Kier alpha value is -1.08. The van der Waals surface area contributed by atoms with Gasteiger partial charge in [0, 0.05) is 21.7 Å². The van der Waals surface area contributed by atoms with E-state index >= 15 is 0 Å². The van der Waals surface area contributed by atoms with Gasteiger partial charge >= 0.3 is 0 Å². The molecule has 4 nitrogen and oxygen atoms in total. The van der Waals surface area contributed by atoms with Crippen molar-refractivity contribution in [3.63, 3.8) is 0 Å². The van der Waals surface area contributed by atoms with Gasteiger partial charge in [0.1, 0.15) is 0 Å². The Labute approximate surface area is 131 Å². The molecule has 0 fully saturated rings. The molecule has 106 valence electrons. The fourth-order valence-corrected chi connectivity index (χ4v) is 2.88. The van der Waals surface area contributed by atoms with Gasteiger partial charge in [-0.2, -0.15) is 0 Å². The maximum Gasteiger partial charge on any atom is 0.238 e. The first-order valence-corrected chi connectivity index (χ1v) is 8.38. The van der Waals surface area contributed by atoms with Crippen molar-refractivity contribution < 1.29 is 8.42 Å². The summed E-state index contributed by atoms with van der Waals surface area (Å²) >= 11 is 9.46. The van der Waals surface area contributed by atoms with Crippen molar-refractivity contribution in [3.05, 3.63) is 57.5 Å². The molecule has 0 saturated carbocycles. The summed E-state index contributed by atoms with van der Waals surface area (Å²) in [5.41, 5.74) is 1.74. The number of anilines is 1.